The minimum absolute atomic E-state index is 0.0200. The lowest BCUT2D eigenvalue weighted by Crippen LogP contribution is -2.27. The molecule has 0 aliphatic rings. The molecule has 0 saturated carbocycles. The van der Waals surface area contributed by atoms with E-state index < -0.39 is 4.92 Å². The van der Waals surface area contributed by atoms with Gasteiger partial charge in [0.15, 0.2) is 6.61 Å². The Morgan fingerprint density at radius 1 is 1.33 bits per heavy atom. The van der Waals surface area contributed by atoms with Crippen LogP contribution in [0.3, 0.4) is 0 Å². The van der Waals surface area contributed by atoms with Crippen molar-refractivity contribution in [3.05, 3.63) is 58.3 Å². The van der Waals surface area contributed by atoms with Gasteiger partial charge in [-0.2, -0.15) is 0 Å². The van der Waals surface area contributed by atoms with Gasteiger partial charge in [0, 0.05) is 26.7 Å². The molecule has 24 heavy (non-hydrogen) atoms. The Labute approximate surface area is 139 Å². The summed E-state index contributed by atoms with van der Waals surface area (Å²) < 4.78 is 5.45. The summed E-state index contributed by atoms with van der Waals surface area (Å²) in [5, 5.41) is 13.7. The minimum atomic E-state index is -0.493. The molecule has 2 rings (SSSR count). The number of likely N-dealkylation sites (N-methyl/N-ethyl adjacent to an activating group) is 1. The summed E-state index contributed by atoms with van der Waals surface area (Å²) in [5.41, 5.74) is 0.881. The Balaban J connectivity index is 1.92. The Bertz CT molecular complexity index is 716. The first-order chi connectivity index (χ1) is 11.5. The van der Waals surface area contributed by atoms with Gasteiger partial charge in [-0.15, -0.1) is 0 Å². The van der Waals surface area contributed by atoms with Crippen molar-refractivity contribution in [3.8, 4) is 5.75 Å². The molecule has 1 amide bonds. The highest BCUT2D eigenvalue weighted by atomic mass is 16.6. The first kappa shape index (κ1) is 17.2. The summed E-state index contributed by atoms with van der Waals surface area (Å²) in [5.74, 6) is 1.02. The number of carbonyl (C=O) groups is 1. The molecule has 1 heterocycles. The predicted molar refractivity (Wildman–Crippen MR) is 88.8 cm³/mol. The number of nitrogens with zero attached hydrogens (tertiary/aromatic N) is 3. The molecule has 1 aromatic heterocycles. The fourth-order valence-corrected chi connectivity index (χ4v) is 1.81. The second-order valence-electron chi connectivity index (χ2n) is 5.24. The number of aromatic nitrogens is 1. The topological polar surface area (TPSA) is 97.6 Å². The molecular weight excluding hydrogens is 312 g/mol. The SMILES string of the molecule is CN(C)C(=O)COc1cccc(CNc2ccc([N+](=O)[O-])cn2)c1. The molecule has 0 atom stereocenters. The normalized spacial score (nSPS) is 10.1. The molecule has 126 valence electrons. The van der Waals surface area contributed by atoms with E-state index in [1.165, 1.54) is 17.2 Å². The predicted octanol–water partition coefficient (Wildman–Crippen LogP) is 2.07. The van der Waals surface area contributed by atoms with E-state index in [0.717, 1.165) is 5.56 Å². The lowest BCUT2D eigenvalue weighted by molar-refractivity contribution is -0.385. The quantitative estimate of drug-likeness (QED) is 0.616. The first-order valence-electron chi connectivity index (χ1n) is 7.22. The largest absolute Gasteiger partial charge is 0.484 e. The summed E-state index contributed by atoms with van der Waals surface area (Å²) in [6, 6.07) is 10.3. The van der Waals surface area contributed by atoms with E-state index in [9.17, 15) is 14.9 Å². The summed E-state index contributed by atoms with van der Waals surface area (Å²) in [6.45, 7) is 0.456. The maximum absolute atomic E-state index is 11.5. The molecule has 0 aliphatic carbocycles. The van der Waals surface area contributed by atoms with Crippen LogP contribution in [-0.2, 0) is 11.3 Å². The van der Waals surface area contributed by atoms with Gasteiger partial charge in [-0.3, -0.25) is 14.9 Å². The summed E-state index contributed by atoms with van der Waals surface area (Å²) >= 11 is 0. The summed E-state index contributed by atoms with van der Waals surface area (Å²) in [7, 11) is 3.34. The molecule has 8 nitrogen and oxygen atoms in total. The highest BCUT2D eigenvalue weighted by Crippen LogP contribution is 2.16. The number of ether oxygens (including phenoxy) is 1. The Morgan fingerprint density at radius 3 is 2.75 bits per heavy atom. The molecule has 1 N–H and O–H groups in total. The molecule has 1 aromatic carbocycles. The zero-order chi connectivity index (χ0) is 17.5. The van der Waals surface area contributed by atoms with Gasteiger partial charge in [-0.25, -0.2) is 4.98 Å². The van der Waals surface area contributed by atoms with Crippen LogP contribution >= 0.6 is 0 Å². The van der Waals surface area contributed by atoms with Crippen LogP contribution in [-0.4, -0.2) is 41.4 Å². The van der Waals surface area contributed by atoms with Crippen molar-refractivity contribution < 1.29 is 14.5 Å². The molecule has 0 bridgehead atoms. The fourth-order valence-electron chi connectivity index (χ4n) is 1.81. The van der Waals surface area contributed by atoms with Crippen LogP contribution in [0.2, 0.25) is 0 Å². The first-order valence-corrected chi connectivity index (χ1v) is 7.22. The van der Waals surface area contributed by atoms with E-state index in [1.807, 2.05) is 18.2 Å². The van der Waals surface area contributed by atoms with Crippen molar-refractivity contribution in [2.45, 2.75) is 6.54 Å². The number of anilines is 1. The van der Waals surface area contributed by atoms with Gasteiger partial charge in [0.05, 0.1) is 4.92 Å². The van der Waals surface area contributed by atoms with Gasteiger partial charge < -0.3 is 15.0 Å². The molecule has 0 radical (unpaired) electrons. The second kappa shape index (κ2) is 7.91. The standard InChI is InChI=1S/C16H18N4O4/c1-19(2)16(21)11-24-14-5-3-4-12(8-14)9-17-15-7-6-13(10-18-15)20(22)23/h3-8,10H,9,11H2,1-2H3,(H,17,18). The minimum Gasteiger partial charge on any atom is -0.484 e. The monoisotopic (exact) mass is 330 g/mol. The third-order valence-corrected chi connectivity index (χ3v) is 3.19. The molecule has 8 heteroatoms. The highest BCUT2D eigenvalue weighted by molar-refractivity contribution is 5.77. The zero-order valence-corrected chi connectivity index (χ0v) is 13.4. The van der Waals surface area contributed by atoms with E-state index >= 15 is 0 Å². The average Bonchev–Trinajstić information content (AvgIpc) is 2.58. The number of rotatable bonds is 7. The molecule has 0 fully saturated rings. The van der Waals surface area contributed by atoms with E-state index in [-0.39, 0.29) is 18.2 Å². The van der Waals surface area contributed by atoms with Crippen LogP contribution in [0.15, 0.2) is 42.6 Å². The number of hydrogen-bond acceptors (Lipinski definition) is 6. The second-order valence-corrected chi connectivity index (χ2v) is 5.24. The lowest BCUT2D eigenvalue weighted by atomic mass is 10.2. The third-order valence-electron chi connectivity index (χ3n) is 3.19. The summed E-state index contributed by atoms with van der Waals surface area (Å²) in [6.07, 6.45) is 1.20. The van der Waals surface area contributed by atoms with Crippen molar-refractivity contribution in [2.24, 2.45) is 0 Å². The van der Waals surface area contributed by atoms with Crippen LogP contribution in [0.25, 0.3) is 0 Å². The molecule has 0 aliphatic heterocycles. The van der Waals surface area contributed by atoms with Crippen LogP contribution in [0.5, 0.6) is 5.75 Å². The van der Waals surface area contributed by atoms with Crippen LogP contribution in [0.1, 0.15) is 5.56 Å². The smallest absolute Gasteiger partial charge is 0.287 e. The summed E-state index contributed by atoms with van der Waals surface area (Å²) in [4.78, 5) is 27.1. The maximum Gasteiger partial charge on any atom is 0.287 e. The van der Waals surface area contributed by atoms with Crippen molar-refractivity contribution in [1.29, 1.82) is 0 Å². The van der Waals surface area contributed by atoms with Crippen molar-refractivity contribution in [1.82, 2.24) is 9.88 Å². The molecule has 0 spiro atoms. The van der Waals surface area contributed by atoms with Crippen LogP contribution < -0.4 is 10.1 Å². The van der Waals surface area contributed by atoms with E-state index in [0.29, 0.717) is 18.1 Å². The number of amides is 1. The van der Waals surface area contributed by atoms with Gasteiger partial charge in [0.25, 0.3) is 11.6 Å². The van der Waals surface area contributed by atoms with Gasteiger partial charge in [-0.05, 0) is 23.8 Å². The van der Waals surface area contributed by atoms with E-state index in [1.54, 1.807) is 26.2 Å². The Morgan fingerprint density at radius 2 is 2.12 bits per heavy atom. The van der Waals surface area contributed by atoms with Gasteiger partial charge in [0.1, 0.15) is 17.8 Å². The van der Waals surface area contributed by atoms with Gasteiger partial charge in [-0.1, -0.05) is 12.1 Å². The molecular formula is C16H18N4O4. The molecule has 0 saturated heterocycles. The number of nitrogens with one attached hydrogen (secondary N) is 1. The van der Waals surface area contributed by atoms with Crippen molar-refractivity contribution in [3.63, 3.8) is 0 Å². The Kier molecular flexibility index (Phi) is 5.67. The third kappa shape index (κ3) is 4.94. The fraction of sp³-hybridized carbons (Fsp3) is 0.250. The molecule has 2 aromatic rings. The van der Waals surface area contributed by atoms with Gasteiger partial charge >= 0.3 is 0 Å². The number of pyridine rings is 1. The number of carbonyl (C=O) groups excluding carboxylic acids is 1. The number of nitro groups is 1. The lowest BCUT2D eigenvalue weighted by Gasteiger charge is -2.12. The van der Waals surface area contributed by atoms with Crippen LogP contribution in [0, 0.1) is 10.1 Å². The van der Waals surface area contributed by atoms with E-state index in [4.69, 9.17) is 4.74 Å². The van der Waals surface area contributed by atoms with Crippen molar-refractivity contribution >= 4 is 17.4 Å². The van der Waals surface area contributed by atoms with Crippen LogP contribution in [0.4, 0.5) is 11.5 Å². The Hall–Kier alpha value is -3.16. The zero-order valence-electron chi connectivity index (χ0n) is 13.4. The number of benzene rings is 1. The van der Waals surface area contributed by atoms with E-state index in [2.05, 4.69) is 10.3 Å². The molecule has 0 unspecified atom stereocenters. The maximum atomic E-state index is 11.5. The van der Waals surface area contributed by atoms with Crippen molar-refractivity contribution in [2.75, 3.05) is 26.0 Å². The average molecular weight is 330 g/mol. The highest BCUT2D eigenvalue weighted by Gasteiger charge is 2.06. The van der Waals surface area contributed by atoms with Gasteiger partial charge in [0.2, 0.25) is 0 Å². The number of hydrogen-bond donors (Lipinski definition) is 1.